The highest BCUT2D eigenvalue weighted by Gasteiger charge is 2.23. The smallest absolute Gasteiger partial charge is 0.251 e. The molecule has 0 saturated carbocycles. The third-order valence-electron chi connectivity index (χ3n) is 2.30. The number of carbonyl (C=O) groups is 1. The quantitative estimate of drug-likeness (QED) is 0.774. The van der Waals surface area contributed by atoms with Crippen LogP contribution in [-0.2, 0) is 9.53 Å². The number of nitrogens with two attached hydrogens (primary N) is 1. The van der Waals surface area contributed by atoms with Gasteiger partial charge in [0.2, 0.25) is 0 Å². The molecule has 5 heteroatoms. The van der Waals surface area contributed by atoms with E-state index in [4.69, 9.17) is 10.5 Å². The van der Waals surface area contributed by atoms with E-state index in [0.29, 0.717) is 13.1 Å². The minimum absolute atomic E-state index is 0. The largest absolute Gasteiger partial charge is 0.372 e. The van der Waals surface area contributed by atoms with Gasteiger partial charge >= 0.3 is 0 Å². The zero-order chi connectivity index (χ0) is 11.4. The molecule has 0 saturated heterocycles. The summed E-state index contributed by atoms with van der Waals surface area (Å²) in [5.41, 5.74) is 5.55. The van der Waals surface area contributed by atoms with Gasteiger partial charge in [-0.1, -0.05) is 13.8 Å². The van der Waals surface area contributed by atoms with Crippen LogP contribution in [0.4, 0.5) is 0 Å². The van der Waals surface area contributed by atoms with E-state index in [1.54, 1.807) is 18.9 Å². The minimum Gasteiger partial charge on any atom is -0.372 e. The number of hydrogen-bond donors (Lipinski definition) is 1. The fourth-order valence-corrected chi connectivity index (χ4v) is 1.20. The number of halogens is 1. The van der Waals surface area contributed by atoms with Crippen molar-refractivity contribution in [2.24, 2.45) is 11.1 Å². The van der Waals surface area contributed by atoms with Crippen molar-refractivity contribution < 1.29 is 9.53 Å². The fourth-order valence-electron chi connectivity index (χ4n) is 1.20. The molecule has 4 nitrogen and oxygen atoms in total. The lowest BCUT2D eigenvalue weighted by atomic mass is 9.93. The van der Waals surface area contributed by atoms with Crippen molar-refractivity contribution in [1.82, 2.24) is 4.90 Å². The number of carbonyl (C=O) groups excluding carboxylic acids is 1. The Kier molecular flexibility index (Phi) is 8.02. The zero-order valence-electron chi connectivity index (χ0n) is 10.2. The van der Waals surface area contributed by atoms with Gasteiger partial charge in [-0.2, -0.15) is 0 Å². The van der Waals surface area contributed by atoms with Crippen LogP contribution in [-0.4, -0.2) is 44.2 Å². The first-order chi connectivity index (χ1) is 6.34. The van der Waals surface area contributed by atoms with Gasteiger partial charge in [-0.25, -0.2) is 0 Å². The van der Waals surface area contributed by atoms with Gasteiger partial charge in [0.25, 0.3) is 5.91 Å². The lowest BCUT2D eigenvalue weighted by Gasteiger charge is -2.30. The van der Waals surface area contributed by atoms with E-state index in [-0.39, 0.29) is 29.8 Å². The second-order valence-electron chi connectivity index (χ2n) is 4.44. The van der Waals surface area contributed by atoms with Crippen molar-refractivity contribution in [3.8, 4) is 0 Å². The van der Waals surface area contributed by atoms with Gasteiger partial charge < -0.3 is 15.4 Å². The molecule has 92 valence electrons. The summed E-state index contributed by atoms with van der Waals surface area (Å²) in [4.78, 5) is 13.3. The average Bonchev–Trinajstić information content (AvgIpc) is 2.14. The molecule has 0 fully saturated rings. The van der Waals surface area contributed by atoms with Crippen LogP contribution in [0.15, 0.2) is 0 Å². The van der Waals surface area contributed by atoms with Crippen LogP contribution in [0.25, 0.3) is 0 Å². The first-order valence-corrected chi connectivity index (χ1v) is 4.82. The van der Waals surface area contributed by atoms with E-state index < -0.39 is 0 Å². The highest BCUT2D eigenvalue weighted by Crippen LogP contribution is 2.14. The average molecular weight is 239 g/mol. The topological polar surface area (TPSA) is 55.6 Å². The second-order valence-corrected chi connectivity index (χ2v) is 4.44. The summed E-state index contributed by atoms with van der Waals surface area (Å²) in [7, 11) is 3.31. The number of likely N-dealkylation sites (N-methyl/N-ethyl adjacent to an activating group) is 1. The minimum atomic E-state index is -0.381. The molecule has 0 aliphatic rings. The molecule has 0 heterocycles. The van der Waals surface area contributed by atoms with Gasteiger partial charge in [-0.05, 0) is 18.9 Å². The zero-order valence-corrected chi connectivity index (χ0v) is 11.1. The number of hydrogen-bond acceptors (Lipinski definition) is 3. The normalized spacial score (nSPS) is 12.9. The van der Waals surface area contributed by atoms with Crippen LogP contribution in [0.3, 0.4) is 0 Å². The highest BCUT2D eigenvalue weighted by molar-refractivity contribution is 5.85. The van der Waals surface area contributed by atoms with Gasteiger partial charge in [0.05, 0.1) is 0 Å². The van der Waals surface area contributed by atoms with Crippen LogP contribution in [0.5, 0.6) is 0 Å². The second kappa shape index (κ2) is 7.04. The Morgan fingerprint density at radius 1 is 1.53 bits per heavy atom. The number of rotatable bonds is 5. The molecule has 0 aromatic carbocycles. The Labute approximate surface area is 98.6 Å². The predicted molar refractivity (Wildman–Crippen MR) is 64.2 cm³/mol. The molecule has 0 aliphatic carbocycles. The van der Waals surface area contributed by atoms with Crippen molar-refractivity contribution in [1.29, 1.82) is 0 Å². The number of nitrogens with zero attached hydrogens (tertiary/aromatic N) is 1. The molecule has 1 unspecified atom stereocenters. The molecule has 0 aromatic heterocycles. The Hall–Kier alpha value is -0.320. The fraction of sp³-hybridized carbons (Fsp3) is 0.900. The summed E-state index contributed by atoms with van der Waals surface area (Å²) >= 11 is 0. The molecular formula is C10H23ClN2O2. The molecule has 0 spiro atoms. The van der Waals surface area contributed by atoms with Crippen LogP contribution < -0.4 is 5.73 Å². The van der Waals surface area contributed by atoms with E-state index in [2.05, 4.69) is 0 Å². The maximum atomic E-state index is 11.6. The molecule has 0 rings (SSSR count). The number of ether oxygens (including phenoxy) is 1. The van der Waals surface area contributed by atoms with E-state index >= 15 is 0 Å². The predicted octanol–water partition coefficient (Wildman–Crippen LogP) is 0.886. The number of amides is 1. The van der Waals surface area contributed by atoms with Gasteiger partial charge in [0, 0.05) is 20.7 Å². The molecule has 1 amide bonds. The van der Waals surface area contributed by atoms with Crippen molar-refractivity contribution in [2.45, 2.75) is 26.9 Å². The summed E-state index contributed by atoms with van der Waals surface area (Å²) < 4.78 is 4.96. The molecule has 0 aliphatic heterocycles. The SMILES string of the molecule is COC(C)C(=O)N(C)CC(C)(C)CN.Cl. The summed E-state index contributed by atoms with van der Waals surface area (Å²) in [6.07, 6.45) is -0.381. The number of methoxy groups -OCH3 is 1. The Balaban J connectivity index is 0. The Morgan fingerprint density at radius 2 is 2.00 bits per heavy atom. The molecule has 0 radical (unpaired) electrons. The Morgan fingerprint density at radius 3 is 2.33 bits per heavy atom. The van der Waals surface area contributed by atoms with Gasteiger partial charge in [-0.3, -0.25) is 4.79 Å². The van der Waals surface area contributed by atoms with Crippen LogP contribution in [0.2, 0.25) is 0 Å². The lowest BCUT2D eigenvalue weighted by molar-refractivity contribution is -0.140. The lowest BCUT2D eigenvalue weighted by Crippen LogP contribution is -2.43. The van der Waals surface area contributed by atoms with E-state index in [9.17, 15) is 4.79 Å². The summed E-state index contributed by atoms with van der Waals surface area (Å²) in [5, 5.41) is 0. The van der Waals surface area contributed by atoms with E-state index in [0.717, 1.165) is 0 Å². The summed E-state index contributed by atoms with van der Waals surface area (Å²) in [6, 6.07) is 0. The van der Waals surface area contributed by atoms with E-state index in [1.165, 1.54) is 7.11 Å². The van der Waals surface area contributed by atoms with Crippen LogP contribution in [0, 0.1) is 5.41 Å². The standard InChI is InChI=1S/C10H22N2O2.ClH/c1-8(14-5)9(13)12(4)7-10(2,3)6-11;/h8H,6-7,11H2,1-5H3;1H. The molecule has 1 atom stereocenters. The first kappa shape index (κ1) is 17.1. The maximum Gasteiger partial charge on any atom is 0.251 e. The Bertz CT molecular complexity index is 198. The van der Waals surface area contributed by atoms with Crippen molar-refractivity contribution >= 4 is 18.3 Å². The molecule has 0 bridgehead atoms. The van der Waals surface area contributed by atoms with Crippen LogP contribution in [0.1, 0.15) is 20.8 Å². The van der Waals surface area contributed by atoms with Crippen molar-refractivity contribution in [3.63, 3.8) is 0 Å². The van der Waals surface area contributed by atoms with Gasteiger partial charge in [0.1, 0.15) is 6.10 Å². The van der Waals surface area contributed by atoms with Gasteiger partial charge in [-0.15, -0.1) is 12.4 Å². The third-order valence-corrected chi connectivity index (χ3v) is 2.30. The van der Waals surface area contributed by atoms with Crippen LogP contribution >= 0.6 is 12.4 Å². The molecular weight excluding hydrogens is 216 g/mol. The maximum absolute atomic E-state index is 11.6. The molecule has 15 heavy (non-hydrogen) atoms. The first-order valence-electron chi connectivity index (χ1n) is 4.82. The third kappa shape index (κ3) is 5.97. The van der Waals surface area contributed by atoms with Gasteiger partial charge in [0.15, 0.2) is 0 Å². The van der Waals surface area contributed by atoms with E-state index in [1.807, 2.05) is 13.8 Å². The van der Waals surface area contributed by atoms with Crippen molar-refractivity contribution in [2.75, 3.05) is 27.2 Å². The summed E-state index contributed by atoms with van der Waals surface area (Å²) in [5.74, 6) is -0.00553. The highest BCUT2D eigenvalue weighted by atomic mass is 35.5. The molecule has 0 aromatic rings. The van der Waals surface area contributed by atoms with Crippen molar-refractivity contribution in [3.05, 3.63) is 0 Å². The monoisotopic (exact) mass is 238 g/mol. The summed E-state index contributed by atoms with van der Waals surface area (Å²) in [6.45, 7) is 7.03. The molecule has 2 N–H and O–H groups in total.